The van der Waals surface area contributed by atoms with Gasteiger partial charge in [-0.05, 0) is 12.8 Å². The molecule has 0 bridgehead atoms. The minimum atomic E-state index is 0.0865. The fourth-order valence-corrected chi connectivity index (χ4v) is 1.04. The Balaban J connectivity index is 1.88. The zero-order chi connectivity index (χ0) is 9.52. The van der Waals surface area contributed by atoms with Crippen molar-refractivity contribution in [3.63, 3.8) is 0 Å². The average Bonchev–Trinajstić information content (AvgIpc) is 2.89. The third kappa shape index (κ3) is 5.26. The Bertz CT molecular complexity index is 203. The molecule has 0 aromatic heterocycles. The number of carbonyl (C=O) groups is 1. The third-order valence-electron chi connectivity index (χ3n) is 1.95. The smallest absolute Gasteiger partial charge is 0.221 e. The number of nitrogens with one attached hydrogen (secondary N) is 2. The molecule has 13 heavy (non-hydrogen) atoms. The first kappa shape index (κ1) is 10.1. The van der Waals surface area contributed by atoms with Crippen molar-refractivity contribution >= 4 is 5.91 Å². The SMILES string of the molecule is C#CCCNC(=O)CCNC1CC1. The molecule has 1 saturated carbocycles. The van der Waals surface area contributed by atoms with Crippen molar-refractivity contribution in [1.82, 2.24) is 10.6 Å². The first-order chi connectivity index (χ1) is 6.33. The minimum absolute atomic E-state index is 0.0865. The fourth-order valence-electron chi connectivity index (χ4n) is 1.04. The average molecular weight is 180 g/mol. The second-order valence-corrected chi connectivity index (χ2v) is 3.28. The van der Waals surface area contributed by atoms with Crippen LogP contribution in [-0.4, -0.2) is 25.0 Å². The van der Waals surface area contributed by atoms with Gasteiger partial charge in [-0.2, -0.15) is 0 Å². The zero-order valence-corrected chi connectivity index (χ0v) is 7.81. The second kappa shape index (κ2) is 5.60. The van der Waals surface area contributed by atoms with Crippen LogP contribution < -0.4 is 10.6 Å². The molecule has 3 heteroatoms. The minimum Gasteiger partial charge on any atom is -0.355 e. The molecule has 0 aromatic carbocycles. The highest BCUT2D eigenvalue weighted by molar-refractivity contribution is 5.76. The molecule has 0 aromatic rings. The highest BCUT2D eigenvalue weighted by Gasteiger charge is 2.19. The predicted molar refractivity (Wildman–Crippen MR) is 52.1 cm³/mol. The second-order valence-electron chi connectivity index (χ2n) is 3.28. The summed E-state index contributed by atoms with van der Waals surface area (Å²) in [7, 11) is 0. The summed E-state index contributed by atoms with van der Waals surface area (Å²) in [5, 5.41) is 6.03. The van der Waals surface area contributed by atoms with E-state index in [9.17, 15) is 4.79 Å². The van der Waals surface area contributed by atoms with Gasteiger partial charge < -0.3 is 10.6 Å². The monoisotopic (exact) mass is 180 g/mol. The molecule has 0 aliphatic heterocycles. The van der Waals surface area contributed by atoms with Gasteiger partial charge in [-0.1, -0.05) is 0 Å². The van der Waals surface area contributed by atoms with Crippen LogP contribution in [0.1, 0.15) is 25.7 Å². The Morgan fingerprint density at radius 2 is 2.23 bits per heavy atom. The van der Waals surface area contributed by atoms with E-state index in [1.54, 1.807) is 0 Å². The van der Waals surface area contributed by atoms with Crippen LogP contribution in [0.25, 0.3) is 0 Å². The summed E-state index contributed by atoms with van der Waals surface area (Å²) in [4.78, 5) is 11.1. The number of amides is 1. The summed E-state index contributed by atoms with van der Waals surface area (Å²) in [6, 6.07) is 0.679. The molecule has 0 spiro atoms. The van der Waals surface area contributed by atoms with Gasteiger partial charge in [-0.3, -0.25) is 4.79 Å². The van der Waals surface area contributed by atoms with Crippen molar-refractivity contribution in [2.45, 2.75) is 31.7 Å². The first-order valence-electron chi connectivity index (χ1n) is 4.76. The van der Waals surface area contributed by atoms with E-state index in [0.29, 0.717) is 25.4 Å². The van der Waals surface area contributed by atoms with E-state index in [4.69, 9.17) is 6.42 Å². The predicted octanol–water partition coefficient (Wildman–Crippen LogP) is 0.268. The van der Waals surface area contributed by atoms with Gasteiger partial charge >= 0.3 is 0 Å². The van der Waals surface area contributed by atoms with Crippen LogP contribution in [0.3, 0.4) is 0 Å². The molecule has 0 radical (unpaired) electrons. The van der Waals surface area contributed by atoms with Crippen LogP contribution in [0.4, 0.5) is 0 Å². The summed E-state index contributed by atoms with van der Waals surface area (Å²) in [6.07, 6.45) is 8.74. The van der Waals surface area contributed by atoms with Gasteiger partial charge in [0.15, 0.2) is 0 Å². The number of rotatable bonds is 6. The van der Waals surface area contributed by atoms with Crippen molar-refractivity contribution in [2.24, 2.45) is 0 Å². The molecule has 0 saturated heterocycles. The van der Waals surface area contributed by atoms with Gasteiger partial charge in [-0.25, -0.2) is 0 Å². The molecule has 0 atom stereocenters. The van der Waals surface area contributed by atoms with Crippen molar-refractivity contribution in [1.29, 1.82) is 0 Å². The van der Waals surface area contributed by atoms with Gasteiger partial charge in [0.25, 0.3) is 0 Å². The van der Waals surface area contributed by atoms with Crippen molar-refractivity contribution in [3.05, 3.63) is 0 Å². The Morgan fingerprint density at radius 3 is 2.85 bits per heavy atom. The Kier molecular flexibility index (Phi) is 4.34. The van der Waals surface area contributed by atoms with Gasteiger partial charge in [0.2, 0.25) is 5.91 Å². The van der Waals surface area contributed by atoms with Gasteiger partial charge in [0.05, 0.1) is 0 Å². The quantitative estimate of drug-likeness (QED) is 0.455. The molecule has 72 valence electrons. The highest BCUT2D eigenvalue weighted by atomic mass is 16.1. The molecule has 1 amide bonds. The Morgan fingerprint density at radius 1 is 1.46 bits per heavy atom. The molecule has 1 rings (SSSR count). The van der Waals surface area contributed by atoms with Crippen LogP contribution >= 0.6 is 0 Å². The Hall–Kier alpha value is -1.01. The van der Waals surface area contributed by atoms with Crippen molar-refractivity contribution in [3.8, 4) is 12.3 Å². The highest BCUT2D eigenvalue weighted by Crippen LogP contribution is 2.18. The molecular weight excluding hydrogens is 164 g/mol. The van der Waals surface area contributed by atoms with E-state index < -0.39 is 0 Å². The van der Waals surface area contributed by atoms with Crippen LogP contribution in [0.5, 0.6) is 0 Å². The molecule has 3 nitrogen and oxygen atoms in total. The van der Waals surface area contributed by atoms with Crippen LogP contribution in [0, 0.1) is 12.3 Å². The lowest BCUT2D eigenvalue weighted by Crippen LogP contribution is -2.28. The maximum absolute atomic E-state index is 11.1. The normalized spacial score (nSPS) is 15.0. The maximum atomic E-state index is 11.1. The van der Waals surface area contributed by atoms with E-state index in [1.807, 2.05) is 0 Å². The summed E-state index contributed by atoms with van der Waals surface area (Å²) in [5.41, 5.74) is 0. The topological polar surface area (TPSA) is 41.1 Å². The van der Waals surface area contributed by atoms with Crippen molar-refractivity contribution < 1.29 is 4.79 Å². The van der Waals surface area contributed by atoms with Crippen molar-refractivity contribution in [2.75, 3.05) is 13.1 Å². The molecule has 1 aliphatic rings. The van der Waals surface area contributed by atoms with Gasteiger partial charge in [-0.15, -0.1) is 12.3 Å². The molecule has 2 N–H and O–H groups in total. The summed E-state index contributed by atoms with van der Waals surface area (Å²) in [6.45, 7) is 1.38. The summed E-state index contributed by atoms with van der Waals surface area (Å²) in [5.74, 6) is 2.56. The van der Waals surface area contributed by atoms with Gasteiger partial charge in [0.1, 0.15) is 0 Å². The summed E-state index contributed by atoms with van der Waals surface area (Å²) >= 11 is 0. The Labute approximate surface area is 79.3 Å². The molecule has 0 unspecified atom stereocenters. The van der Waals surface area contributed by atoms with Crippen LogP contribution in [0.2, 0.25) is 0 Å². The van der Waals surface area contributed by atoms with E-state index in [0.717, 1.165) is 6.54 Å². The van der Waals surface area contributed by atoms with E-state index in [2.05, 4.69) is 16.6 Å². The number of carbonyl (C=O) groups excluding carboxylic acids is 1. The molecule has 0 heterocycles. The fraction of sp³-hybridized carbons (Fsp3) is 0.700. The largest absolute Gasteiger partial charge is 0.355 e. The molecule has 1 fully saturated rings. The number of terminal acetylenes is 1. The van der Waals surface area contributed by atoms with E-state index >= 15 is 0 Å². The maximum Gasteiger partial charge on any atom is 0.221 e. The lowest BCUT2D eigenvalue weighted by molar-refractivity contribution is -0.120. The van der Waals surface area contributed by atoms with Crippen LogP contribution in [-0.2, 0) is 4.79 Å². The third-order valence-corrected chi connectivity index (χ3v) is 1.95. The number of hydrogen-bond acceptors (Lipinski definition) is 2. The lowest BCUT2D eigenvalue weighted by atomic mass is 10.3. The van der Waals surface area contributed by atoms with Gasteiger partial charge in [0, 0.05) is 32.0 Å². The lowest BCUT2D eigenvalue weighted by Gasteiger charge is -2.03. The van der Waals surface area contributed by atoms with E-state index in [-0.39, 0.29) is 5.91 Å². The first-order valence-corrected chi connectivity index (χ1v) is 4.76. The zero-order valence-electron chi connectivity index (χ0n) is 7.81. The summed E-state index contributed by atoms with van der Waals surface area (Å²) < 4.78 is 0. The standard InChI is InChI=1S/C10H16N2O/c1-2-3-7-12-10(13)6-8-11-9-4-5-9/h1,9,11H,3-8H2,(H,12,13). The molecular formula is C10H16N2O. The number of hydrogen-bond donors (Lipinski definition) is 2. The molecule has 1 aliphatic carbocycles. The van der Waals surface area contributed by atoms with Crippen LogP contribution in [0.15, 0.2) is 0 Å². The van der Waals surface area contributed by atoms with E-state index in [1.165, 1.54) is 12.8 Å².